The second kappa shape index (κ2) is 8.23. The van der Waals surface area contributed by atoms with Gasteiger partial charge in [-0.3, -0.25) is 4.79 Å². The maximum atomic E-state index is 11.0. The normalized spacial score (nSPS) is 17.0. The molecule has 0 spiro atoms. The summed E-state index contributed by atoms with van der Waals surface area (Å²) in [6.07, 6.45) is 2.01. The van der Waals surface area contributed by atoms with Crippen LogP contribution in [0.1, 0.15) is 56.2 Å². The van der Waals surface area contributed by atoms with Gasteiger partial charge < -0.3 is 15.1 Å². The van der Waals surface area contributed by atoms with Gasteiger partial charge in [-0.25, -0.2) is 0 Å². The van der Waals surface area contributed by atoms with E-state index in [9.17, 15) is 9.90 Å². The summed E-state index contributed by atoms with van der Waals surface area (Å²) in [5.41, 5.74) is 2.84. The molecule has 2 N–H and O–H groups in total. The molecule has 6 heteroatoms. The van der Waals surface area contributed by atoms with Crippen molar-refractivity contribution in [1.82, 2.24) is 4.90 Å². The third-order valence-corrected chi connectivity index (χ3v) is 5.79. The highest BCUT2D eigenvalue weighted by Gasteiger charge is 2.22. The van der Waals surface area contributed by atoms with Gasteiger partial charge in [-0.15, -0.1) is 11.8 Å². The number of nitrogens with zero attached hydrogens (tertiary/aromatic N) is 1. The van der Waals surface area contributed by atoms with Gasteiger partial charge in [0.2, 0.25) is 0 Å². The zero-order valence-corrected chi connectivity index (χ0v) is 16.7. The Morgan fingerprint density at radius 1 is 1.28 bits per heavy atom. The van der Waals surface area contributed by atoms with Gasteiger partial charge in [0.1, 0.15) is 17.3 Å². The molecule has 1 heterocycles. The zero-order chi connectivity index (χ0) is 18.7. The first kappa shape index (κ1) is 19.8. The van der Waals surface area contributed by atoms with Gasteiger partial charge in [-0.1, -0.05) is 39.9 Å². The number of phenolic OH excluding ortho intramolecular Hbond substituents is 1. The van der Waals surface area contributed by atoms with E-state index in [4.69, 9.17) is 17.3 Å². The summed E-state index contributed by atoms with van der Waals surface area (Å²) >= 11 is 7.14. The molecule has 25 heavy (non-hydrogen) atoms. The predicted octanol–water partition coefficient (Wildman–Crippen LogP) is 4.44. The fraction of sp³-hybridized carbons (Fsp3) is 0.474. The molecule has 0 amide bonds. The third kappa shape index (κ3) is 4.76. The number of aliphatic carboxylic acids is 1. The van der Waals surface area contributed by atoms with Crippen LogP contribution in [-0.2, 0) is 4.79 Å². The number of carboxylic acids is 1. The Hall–Kier alpha value is -1.53. The summed E-state index contributed by atoms with van der Waals surface area (Å²) in [5.74, 6) is 0.738. The van der Waals surface area contributed by atoms with E-state index in [0.29, 0.717) is 17.3 Å². The Morgan fingerprint density at radius 3 is 2.32 bits per heavy atom. The first-order valence-corrected chi connectivity index (χ1v) is 9.82. The molecule has 0 unspecified atom stereocenters. The monoisotopic (exact) mass is 379 g/mol. The van der Waals surface area contributed by atoms with Crippen molar-refractivity contribution in [2.45, 2.75) is 39.5 Å². The van der Waals surface area contributed by atoms with Crippen LogP contribution < -0.4 is 0 Å². The molecule has 0 radical (unpaired) electrons. The molecular formula is C19H25NO3S2. The van der Waals surface area contributed by atoms with Crippen LogP contribution in [0.3, 0.4) is 0 Å². The smallest absolute Gasteiger partial charge is 0.323 e. The molecule has 0 aliphatic carbocycles. The van der Waals surface area contributed by atoms with Crippen LogP contribution in [0.4, 0.5) is 0 Å². The summed E-state index contributed by atoms with van der Waals surface area (Å²) in [5, 5.41) is 19.6. The number of carboxylic acid groups (broad SMARTS) is 1. The topological polar surface area (TPSA) is 60.8 Å². The quantitative estimate of drug-likeness (QED) is 0.582. The van der Waals surface area contributed by atoms with Gasteiger partial charge in [0.15, 0.2) is 0 Å². The van der Waals surface area contributed by atoms with Gasteiger partial charge in [0.05, 0.1) is 0 Å². The van der Waals surface area contributed by atoms with Crippen LogP contribution in [0.2, 0.25) is 0 Å². The van der Waals surface area contributed by atoms with Crippen LogP contribution in [0.25, 0.3) is 6.08 Å². The van der Waals surface area contributed by atoms with Crippen molar-refractivity contribution in [3.8, 4) is 5.75 Å². The molecule has 1 aromatic rings. The Morgan fingerprint density at radius 2 is 1.84 bits per heavy atom. The van der Waals surface area contributed by atoms with E-state index in [-0.39, 0.29) is 18.4 Å². The van der Waals surface area contributed by atoms with Crippen LogP contribution in [-0.4, -0.2) is 44.9 Å². The lowest BCUT2D eigenvalue weighted by Crippen LogP contribution is -2.39. The number of aromatic hydroxyl groups is 1. The van der Waals surface area contributed by atoms with E-state index in [2.05, 4.69) is 27.7 Å². The Kier molecular flexibility index (Phi) is 6.52. The minimum atomic E-state index is -0.873. The second-order valence-electron chi connectivity index (χ2n) is 6.83. The summed E-state index contributed by atoms with van der Waals surface area (Å²) in [4.78, 5) is 14.2. The number of phenols is 1. The van der Waals surface area contributed by atoms with E-state index in [0.717, 1.165) is 27.3 Å². The summed E-state index contributed by atoms with van der Waals surface area (Å²) in [6.45, 7) is 8.82. The van der Waals surface area contributed by atoms with E-state index in [1.165, 1.54) is 0 Å². The second-order valence-corrected chi connectivity index (χ2v) is 8.36. The number of hydrogen-bond acceptors (Lipinski definition) is 4. The van der Waals surface area contributed by atoms with E-state index >= 15 is 0 Å². The Bertz CT molecular complexity index is 682. The van der Waals surface area contributed by atoms with Crippen LogP contribution in [0, 0.1) is 0 Å². The van der Waals surface area contributed by atoms with Crippen molar-refractivity contribution in [3.05, 3.63) is 33.7 Å². The van der Waals surface area contributed by atoms with Crippen molar-refractivity contribution in [2.75, 3.05) is 18.8 Å². The number of rotatable bonds is 5. The largest absolute Gasteiger partial charge is 0.507 e. The lowest BCUT2D eigenvalue weighted by atomic mass is 9.91. The summed E-state index contributed by atoms with van der Waals surface area (Å²) in [7, 11) is 0. The maximum absolute atomic E-state index is 11.0. The number of thioether (sulfide) groups is 1. The average molecular weight is 380 g/mol. The van der Waals surface area contributed by atoms with Crippen molar-refractivity contribution < 1.29 is 15.0 Å². The predicted molar refractivity (Wildman–Crippen MR) is 109 cm³/mol. The average Bonchev–Trinajstić information content (AvgIpc) is 2.51. The van der Waals surface area contributed by atoms with Gasteiger partial charge >= 0.3 is 5.97 Å². The van der Waals surface area contributed by atoms with E-state index in [1.807, 2.05) is 18.2 Å². The number of carbonyl (C=O) groups is 1. The van der Waals surface area contributed by atoms with Gasteiger partial charge in [0, 0.05) is 17.2 Å². The molecule has 0 aromatic heterocycles. The third-order valence-electron chi connectivity index (χ3n) is 4.18. The van der Waals surface area contributed by atoms with E-state index in [1.54, 1.807) is 16.7 Å². The molecule has 0 atom stereocenters. The van der Waals surface area contributed by atoms with Crippen LogP contribution in [0.5, 0.6) is 5.75 Å². The lowest BCUT2D eigenvalue weighted by Gasteiger charge is -2.29. The zero-order valence-electron chi connectivity index (χ0n) is 15.1. The molecule has 1 fully saturated rings. The highest BCUT2D eigenvalue weighted by Crippen LogP contribution is 2.36. The Balaban J connectivity index is 2.42. The molecular weight excluding hydrogens is 354 g/mol. The molecule has 0 saturated carbocycles. The first-order valence-electron chi connectivity index (χ1n) is 8.43. The van der Waals surface area contributed by atoms with Gasteiger partial charge in [-0.2, -0.15) is 0 Å². The molecule has 1 aliphatic heterocycles. The van der Waals surface area contributed by atoms with Crippen molar-refractivity contribution >= 4 is 41.0 Å². The van der Waals surface area contributed by atoms with Crippen molar-refractivity contribution in [3.63, 3.8) is 0 Å². The molecule has 1 aromatic carbocycles. The van der Waals surface area contributed by atoms with Crippen LogP contribution in [0.15, 0.2) is 17.0 Å². The van der Waals surface area contributed by atoms with Crippen molar-refractivity contribution in [1.29, 1.82) is 0 Å². The maximum Gasteiger partial charge on any atom is 0.323 e. The molecule has 4 nitrogen and oxygen atoms in total. The highest BCUT2D eigenvalue weighted by atomic mass is 32.2. The van der Waals surface area contributed by atoms with Gasteiger partial charge in [0.25, 0.3) is 0 Å². The molecule has 2 rings (SSSR count). The fourth-order valence-electron chi connectivity index (χ4n) is 2.82. The summed E-state index contributed by atoms with van der Waals surface area (Å²) in [6, 6.07) is 4.00. The minimum absolute atomic E-state index is 0.0687. The molecule has 1 aliphatic rings. The summed E-state index contributed by atoms with van der Waals surface area (Å²) < 4.78 is 0. The van der Waals surface area contributed by atoms with Crippen LogP contribution >= 0.6 is 24.0 Å². The standard InChI is InChI=1S/C19H25NO3S2/c1-11(2)14-7-13(8-15(12(3)4)18(14)23)9-16-19(24)20(5-6-25-16)10-17(21)22/h7-9,11-12,23H,5-6,10H2,1-4H3,(H,21,22). The van der Waals surface area contributed by atoms with Gasteiger partial charge in [-0.05, 0) is 46.7 Å². The number of thiocarbonyl (C=S) groups is 1. The Labute approximate surface area is 158 Å². The van der Waals surface area contributed by atoms with Crippen molar-refractivity contribution in [2.24, 2.45) is 0 Å². The van der Waals surface area contributed by atoms with E-state index < -0.39 is 5.97 Å². The molecule has 0 bridgehead atoms. The first-order chi connectivity index (χ1) is 11.7. The SMILES string of the molecule is CC(C)c1cc(C=C2SCCN(CC(=O)O)C2=S)cc(C(C)C)c1O. The minimum Gasteiger partial charge on any atom is -0.507 e. The highest BCUT2D eigenvalue weighted by molar-refractivity contribution is 8.05. The molecule has 1 saturated heterocycles. The fourth-order valence-corrected chi connectivity index (χ4v) is 4.22. The number of benzene rings is 1. The molecule has 136 valence electrons. The number of hydrogen-bond donors (Lipinski definition) is 2. The lowest BCUT2D eigenvalue weighted by molar-refractivity contribution is -0.137.